The van der Waals surface area contributed by atoms with Gasteiger partial charge in [0.05, 0.1) is 15.6 Å². The largest absolute Gasteiger partial charge is 0.505 e. The minimum absolute atomic E-state index is 0.0456. The van der Waals surface area contributed by atoms with Crippen LogP contribution in [0.3, 0.4) is 0 Å². The van der Waals surface area contributed by atoms with Crippen molar-refractivity contribution in [3.8, 4) is 45.8 Å². The van der Waals surface area contributed by atoms with Gasteiger partial charge in [-0.2, -0.15) is 19.9 Å². The Balaban J connectivity index is 0.734. The van der Waals surface area contributed by atoms with E-state index in [1.807, 2.05) is 13.1 Å². The Morgan fingerprint density at radius 1 is 0.723 bits per heavy atom. The van der Waals surface area contributed by atoms with Gasteiger partial charge in [0, 0.05) is 115 Å². The second-order valence-corrected chi connectivity index (χ2v) is 25.8. The number of halogens is 7. The number of aromatic hydroxyl groups is 1. The van der Waals surface area contributed by atoms with E-state index < -0.39 is 34.9 Å². The lowest BCUT2D eigenvalue weighted by atomic mass is 9.94. The van der Waals surface area contributed by atoms with Gasteiger partial charge in [0.25, 0.3) is 0 Å². The second kappa shape index (κ2) is 21.1. The van der Waals surface area contributed by atoms with Crippen LogP contribution in [-0.4, -0.2) is 149 Å². The maximum Gasteiger partial charge on any atom is 0.319 e. The zero-order valence-electron chi connectivity index (χ0n) is 45.9. The first-order chi connectivity index (χ1) is 40.2. The molecule has 0 amide bonds. The summed E-state index contributed by atoms with van der Waals surface area (Å²) in [5, 5.41) is 20.4. The summed E-state index contributed by atoms with van der Waals surface area (Å²) in [6.45, 7) is 4.74. The number of hydrogen-bond acceptors (Lipinski definition) is 14. The van der Waals surface area contributed by atoms with Crippen molar-refractivity contribution in [3.63, 3.8) is 0 Å². The van der Waals surface area contributed by atoms with Crippen LogP contribution in [0.2, 0.25) is 15.1 Å². The Morgan fingerprint density at radius 2 is 1.46 bits per heavy atom. The van der Waals surface area contributed by atoms with Crippen LogP contribution in [0, 0.1) is 17.5 Å². The maximum absolute atomic E-state index is 18.0. The van der Waals surface area contributed by atoms with Crippen LogP contribution in [0.4, 0.5) is 29.2 Å². The van der Waals surface area contributed by atoms with Crippen molar-refractivity contribution in [2.24, 2.45) is 0 Å². The molecule has 5 aromatic carbocycles. The number of anilines is 2. The number of rotatable bonds is 13. The summed E-state index contributed by atoms with van der Waals surface area (Å²) in [5.41, 5.74) is 0.655. The maximum atomic E-state index is 18.0. The van der Waals surface area contributed by atoms with E-state index >= 15 is 13.2 Å². The predicted molar refractivity (Wildman–Crippen MR) is 314 cm³/mol. The van der Waals surface area contributed by atoms with Crippen molar-refractivity contribution >= 4 is 79.0 Å². The number of nitrogens with one attached hydrogen (secondary N) is 2. The van der Waals surface area contributed by atoms with E-state index in [4.69, 9.17) is 68.9 Å². The zero-order chi connectivity index (χ0) is 56.6. The summed E-state index contributed by atoms with van der Waals surface area (Å²) in [7, 11) is 1.97. The van der Waals surface area contributed by atoms with E-state index in [9.17, 15) is 9.50 Å². The zero-order valence-corrected chi connectivity index (χ0v) is 48.1. The average molecular weight is 1190 g/mol. The summed E-state index contributed by atoms with van der Waals surface area (Å²) in [5.74, 6) is -1.51. The Labute approximate surface area is 492 Å². The first kappa shape index (κ1) is 54.0. The molecule has 21 heteroatoms. The Hall–Kier alpha value is -5.73. The van der Waals surface area contributed by atoms with Crippen LogP contribution in [-0.2, 0) is 0 Å². The molecule has 434 valence electrons. The lowest BCUT2D eigenvalue weighted by molar-refractivity contribution is 0.107. The number of alkyl halides is 1. The van der Waals surface area contributed by atoms with E-state index in [0.717, 1.165) is 76.4 Å². The van der Waals surface area contributed by atoms with Crippen molar-refractivity contribution in [2.45, 2.75) is 125 Å². The summed E-state index contributed by atoms with van der Waals surface area (Å²) in [4.78, 5) is 28.2. The topological polar surface area (TPSA) is 136 Å². The van der Waals surface area contributed by atoms with Gasteiger partial charge in [-0.3, -0.25) is 9.80 Å². The van der Waals surface area contributed by atoms with Crippen LogP contribution in [0.5, 0.6) is 23.5 Å². The molecule has 8 atom stereocenters. The third kappa shape index (κ3) is 9.61. The third-order valence-electron chi connectivity index (χ3n) is 19.2. The lowest BCUT2D eigenvalue weighted by Crippen LogP contribution is -2.54. The molecule has 8 saturated heterocycles. The van der Waals surface area contributed by atoms with Gasteiger partial charge in [0.15, 0.2) is 23.2 Å². The molecule has 5 unspecified atom stereocenters. The smallest absolute Gasteiger partial charge is 0.319 e. The number of hydrogen-bond donors (Lipinski definition) is 3. The average Bonchev–Trinajstić information content (AvgIpc) is 2.52. The van der Waals surface area contributed by atoms with Gasteiger partial charge in [-0.05, 0) is 130 Å². The molecule has 4 bridgehead atoms. The van der Waals surface area contributed by atoms with Crippen LogP contribution in [0.1, 0.15) is 82.1 Å². The number of phenols is 1. The highest BCUT2D eigenvalue weighted by atomic mass is 35.5. The number of ether oxygens (including phenoxy) is 3. The van der Waals surface area contributed by atoms with Crippen LogP contribution < -0.4 is 34.6 Å². The fourth-order valence-electron chi connectivity index (χ4n) is 15.1. The molecule has 1 saturated carbocycles. The molecular weight excluding hydrogens is 1130 g/mol. The van der Waals surface area contributed by atoms with E-state index in [0.29, 0.717) is 95.1 Å². The van der Waals surface area contributed by atoms with Gasteiger partial charge in [-0.15, -0.1) is 0 Å². The molecule has 9 aliphatic rings. The fourth-order valence-corrected chi connectivity index (χ4v) is 16.0. The molecule has 1 aliphatic carbocycles. The Kier molecular flexibility index (Phi) is 13.7. The number of likely N-dealkylation sites (tertiary alicyclic amines) is 1. The monoisotopic (exact) mass is 1190 g/mol. The van der Waals surface area contributed by atoms with Gasteiger partial charge in [-0.1, -0.05) is 59.1 Å². The van der Waals surface area contributed by atoms with Gasteiger partial charge < -0.3 is 39.8 Å². The molecule has 7 aromatic rings. The second-order valence-electron chi connectivity index (χ2n) is 24.6. The van der Waals surface area contributed by atoms with Crippen molar-refractivity contribution < 1.29 is 36.9 Å². The minimum atomic E-state index is -0.996. The van der Waals surface area contributed by atoms with E-state index in [-0.39, 0.29) is 105 Å². The molecule has 16 rings (SSSR count). The molecule has 0 radical (unpaired) electrons. The van der Waals surface area contributed by atoms with Crippen LogP contribution in [0.15, 0.2) is 54.6 Å². The normalized spacial score (nSPS) is 27.2. The molecule has 2 aromatic heterocycles. The SMILES string of the molecule is CN1CC(Oc2cc(Cl)c(C3CC3)c(-c3c(Cl)cc4c(N5CC6CCC(C5)N6)nc(OC[C@@]56CCCN5C[C@H](F)C6)nc4c3F)c2)C[C@H]1COc1nc(N2CC3CCCC2CN3)c2cc(Cl)c(-c3c(F)c(O)cc4ccccc34)c(F)c2n1. The molecule has 0 spiro atoms. The minimum Gasteiger partial charge on any atom is -0.505 e. The van der Waals surface area contributed by atoms with Crippen LogP contribution >= 0.6 is 34.8 Å². The van der Waals surface area contributed by atoms with E-state index in [1.54, 1.807) is 42.5 Å². The fraction of sp³-hybridized carbons (Fsp3) is 0.484. The van der Waals surface area contributed by atoms with Gasteiger partial charge >= 0.3 is 12.0 Å². The highest BCUT2D eigenvalue weighted by molar-refractivity contribution is 6.36. The Morgan fingerprint density at radius 3 is 2.25 bits per heavy atom. The number of likely N-dealkylation sites (N-methyl/N-ethyl adjacent to an activating group) is 1. The van der Waals surface area contributed by atoms with Crippen molar-refractivity contribution in [3.05, 3.63) is 92.7 Å². The van der Waals surface area contributed by atoms with Crippen molar-refractivity contribution in [1.29, 1.82) is 0 Å². The highest BCUT2D eigenvalue weighted by Gasteiger charge is 2.50. The number of benzene rings is 5. The summed E-state index contributed by atoms with van der Waals surface area (Å²) in [6, 6.07) is 15.8. The molecule has 9 fully saturated rings. The van der Waals surface area contributed by atoms with E-state index in [2.05, 4.69) is 30.2 Å². The number of fused-ring (bicyclic) bond motifs is 10. The first-order valence-corrected chi connectivity index (χ1v) is 30.5. The predicted octanol–water partition coefficient (Wildman–Crippen LogP) is 11.8. The molecular formula is C62H63Cl3F4N10O4. The van der Waals surface area contributed by atoms with Gasteiger partial charge in [-0.25, -0.2) is 17.6 Å². The highest BCUT2D eigenvalue weighted by Crippen LogP contribution is 2.52. The summed E-state index contributed by atoms with van der Waals surface area (Å²) >= 11 is 21.5. The molecule has 8 aliphatic heterocycles. The summed E-state index contributed by atoms with van der Waals surface area (Å²) < 4.78 is 86.2. The molecule has 3 N–H and O–H groups in total. The summed E-state index contributed by atoms with van der Waals surface area (Å²) in [6.07, 6.45) is 8.13. The molecule has 83 heavy (non-hydrogen) atoms. The van der Waals surface area contributed by atoms with Gasteiger partial charge in [0.2, 0.25) is 0 Å². The molecule has 14 nitrogen and oxygen atoms in total. The number of phenolic OH excluding ortho intramolecular Hbond substituents is 1. The van der Waals surface area contributed by atoms with Gasteiger partial charge in [0.1, 0.15) is 53.9 Å². The quantitative estimate of drug-likeness (QED) is 0.0945. The first-order valence-electron chi connectivity index (χ1n) is 29.4. The molecule has 10 heterocycles. The third-order valence-corrected chi connectivity index (χ3v) is 20.1. The standard InChI is InChI=1S/C62H63Cl3F4N10O4/c1-76-28-40(17-38(76)29-81-60-72-57-44(59(75-60)79-27-34-7-4-8-37(79)23-70-34)21-47(65)52(55(57)69)51-41-9-3-2-6-32(41)16-48(80)53(51)67)83-39-18-42(49(31-10-11-31)45(63)19-39)50-46(64)20-43-56(54(50)68)73-61(74-58(43)77-25-35-12-13-36(26-77)71-35)82-30-62-14-5-15-78(62)24-33(66)22-62/h2-3,6,9,16,18-21,31,33-38,40,70-71,80H,4-5,7-8,10-15,17,22-30H2,1H3/t33-,34?,35?,36?,37?,38+,40?,62+/m1/s1. The number of aromatic nitrogens is 4. The number of nitrogens with zero attached hydrogens (tertiary/aromatic N) is 8. The Bertz CT molecular complexity index is 3760. The van der Waals surface area contributed by atoms with Crippen LogP contribution in [0.25, 0.3) is 54.8 Å². The lowest BCUT2D eigenvalue weighted by Gasteiger charge is -2.38. The van der Waals surface area contributed by atoms with Crippen molar-refractivity contribution in [2.75, 3.05) is 75.9 Å². The number of piperazine rings is 2. The van der Waals surface area contributed by atoms with Crippen molar-refractivity contribution in [1.82, 2.24) is 40.4 Å². The van der Waals surface area contributed by atoms with E-state index in [1.165, 1.54) is 6.07 Å².